The van der Waals surface area contributed by atoms with Gasteiger partial charge in [-0.3, -0.25) is 24.6 Å². The van der Waals surface area contributed by atoms with Crippen LogP contribution >= 0.6 is 11.6 Å². The second-order valence-electron chi connectivity index (χ2n) is 9.46. The van der Waals surface area contributed by atoms with E-state index in [1.165, 1.54) is 17.7 Å². The number of rotatable bonds is 11. The number of hydrogen-bond acceptors (Lipinski definition) is 7. The number of nitrogens with one attached hydrogen (secondary N) is 2. The number of hydrogen-bond donors (Lipinski definition) is 2. The number of ether oxygens (including phenoxy) is 1. The summed E-state index contributed by atoms with van der Waals surface area (Å²) < 4.78 is 5.07. The van der Waals surface area contributed by atoms with E-state index in [4.69, 9.17) is 16.3 Å². The summed E-state index contributed by atoms with van der Waals surface area (Å²) in [6, 6.07) is 19.4. The maximum Gasteiger partial charge on any atom is 0.288 e. The first kappa shape index (κ1) is 29.0. The first-order valence-corrected chi connectivity index (χ1v) is 13.4. The second-order valence-corrected chi connectivity index (χ2v) is 9.87. The van der Waals surface area contributed by atoms with Crippen molar-refractivity contribution in [2.45, 2.75) is 13.0 Å². The molecule has 0 saturated carbocycles. The van der Waals surface area contributed by atoms with E-state index in [-0.39, 0.29) is 22.2 Å². The molecule has 2 N–H and O–H groups in total. The molecule has 0 unspecified atom stereocenters. The summed E-state index contributed by atoms with van der Waals surface area (Å²) in [6.45, 7) is 5.03. The molecule has 3 aromatic rings. The summed E-state index contributed by atoms with van der Waals surface area (Å²) in [5, 5.41) is 16.9. The number of benzene rings is 3. The van der Waals surface area contributed by atoms with Crippen molar-refractivity contribution in [1.29, 1.82) is 0 Å². The van der Waals surface area contributed by atoms with Crippen LogP contribution in [-0.4, -0.2) is 68.1 Å². The Morgan fingerprint density at radius 3 is 2.45 bits per heavy atom. The molecule has 3 aromatic carbocycles. The van der Waals surface area contributed by atoms with Gasteiger partial charge in [-0.1, -0.05) is 41.9 Å². The molecule has 4 rings (SSSR count). The number of nitro benzene ring substituents is 1. The number of anilines is 2. The van der Waals surface area contributed by atoms with Gasteiger partial charge in [0.15, 0.2) is 0 Å². The third-order valence-corrected chi connectivity index (χ3v) is 7.00. The Morgan fingerprint density at radius 2 is 1.75 bits per heavy atom. The van der Waals surface area contributed by atoms with Crippen molar-refractivity contribution in [2.75, 3.05) is 56.7 Å². The molecule has 1 aliphatic rings. The SMILES string of the molecule is COCCCNC(=O)c1cc(NC(=O)c2ccc(Cl)c([N+](=O)[O-])c2)ccc1N1CCN(Cc2ccccc2)CC1. The van der Waals surface area contributed by atoms with Crippen LogP contribution in [0.5, 0.6) is 0 Å². The lowest BCUT2D eigenvalue weighted by molar-refractivity contribution is -0.384. The summed E-state index contributed by atoms with van der Waals surface area (Å²) in [5.74, 6) is -0.801. The first-order chi connectivity index (χ1) is 19.4. The molecule has 1 heterocycles. The topological polar surface area (TPSA) is 117 Å². The number of carbonyl (C=O) groups excluding carboxylic acids is 2. The van der Waals surface area contributed by atoms with Crippen molar-refractivity contribution in [1.82, 2.24) is 10.2 Å². The minimum absolute atomic E-state index is 0.0535. The van der Waals surface area contributed by atoms with Crippen molar-refractivity contribution in [3.8, 4) is 0 Å². The van der Waals surface area contributed by atoms with Gasteiger partial charge in [-0.2, -0.15) is 0 Å². The van der Waals surface area contributed by atoms with E-state index in [0.29, 0.717) is 30.8 Å². The smallest absolute Gasteiger partial charge is 0.288 e. The van der Waals surface area contributed by atoms with E-state index in [9.17, 15) is 19.7 Å². The maximum absolute atomic E-state index is 13.3. The Kier molecular flexibility index (Phi) is 10.1. The second kappa shape index (κ2) is 13.9. The van der Waals surface area contributed by atoms with Gasteiger partial charge in [-0.05, 0) is 42.3 Å². The van der Waals surface area contributed by atoms with Gasteiger partial charge in [0, 0.05) is 76.0 Å². The predicted molar refractivity (Wildman–Crippen MR) is 155 cm³/mol. The van der Waals surface area contributed by atoms with Gasteiger partial charge in [-0.15, -0.1) is 0 Å². The number of carbonyl (C=O) groups is 2. The predicted octanol–water partition coefficient (Wildman–Crippen LogP) is 4.59. The van der Waals surface area contributed by atoms with Gasteiger partial charge in [0.25, 0.3) is 17.5 Å². The fourth-order valence-corrected chi connectivity index (χ4v) is 4.76. The highest BCUT2D eigenvalue weighted by molar-refractivity contribution is 6.32. The molecule has 40 heavy (non-hydrogen) atoms. The molecule has 1 aliphatic heterocycles. The third-order valence-electron chi connectivity index (χ3n) is 6.68. The first-order valence-electron chi connectivity index (χ1n) is 13.0. The maximum atomic E-state index is 13.3. The summed E-state index contributed by atoms with van der Waals surface area (Å²) in [5.41, 5.74) is 2.61. The summed E-state index contributed by atoms with van der Waals surface area (Å²) in [7, 11) is 1.61. The van der Waals surface area contributed by atoms with E-state index >= 15 is 0 Å². The minimum atomic E-state index is -0.639. The van der Waals surface area contributed by atoms with Gasteiger partial charge in [0.2, 0.25) is 0 Å². The standard InChI is InChI=1S/C29H32ClN5O5/c1-40-17-5-12-31-29(37)24-19-23(32-28(36)22-8-10-25(30)27(18-22)35(38)39)9-11-26(24)34-15-13-33(14-16-34)20-21-6-3-2-4-7-21/h2-4,6-11,18-19H,5,12-17,20H2,1H3,(H,31,37)(H,32,36). The Hall–Kier alpha value is -3.99. The number of nitrogens with zero attached hydrogens (tertiary/aromatic N) is 3. The van der Waals surface area contributed by atoms with Crippen LogP contribution in [0.3, 0.4) is 0 Å². The van der Waals surface area contributed by atoms with Gasteiger partial charge in [-0.25, -0.2) is 0 Å². The van der Waals surface area contributed by atoms with Crippen molar-refractivity contribution in [3.63, 3.8) is 0 Å². The van der Waals surface area contributed by atoms with E-state index in [2.05, 4.69) is 32.6 Å². The van der Waals surface area contributed by atoms with Crippen molar-refractivity contribution < 1.29 is 19.2 Å². The summed E-state index contributed by atoms with van der Waals surface area (Å²) in [6.07, 6.45) is 0.668. The van der Waals surface area contributed by atoms with Crippen LogP contribution in [0.25, 0.3) is 0 Å². The molecule has 210 valence electrons. The van der Waals surface area contributed by atoms with Crippen molar-refractivity contribution in [3.05, 3.63) is 98.6 Å². The normalized spacial score (nSPS) is 13.6. The van der Waals surface area contributed by atoms with Crippen LogP contribution in [-0.2, 0) is 11.3 Å². The lowest BCUT2D eigenvalue weighted by Gasteiger charge is -2.37. The summed E-state index contributed by atoms with van der Waals surface area (Å²) >= 11 is 5.88. The molecule has 0 radical (unpaired) electrons. The Morgan fingerprint density at radius 1 is 1.00 bits per heavy atom. The fourth-order valence-electron chi connectivity index (χ4n) is 4.57. The largest absolute Gasteiger partial charge is 0.385 e. The Bertz CT molecular complexity index is 1350. The fraction of sp³-hybridized carbons (Fsp3) is 0.310. The van der Waals surface area contributed by atoms with E-state index in [1.54, 1.807) is 19.2 Å². The van der Waals surface area contributed by atoms with Crippen LogP contribution in [0.1, 0.15) is 32.7 Å². The van der Waals surface area contributed by atoms with Crippen molar-refractivity contribution >= 4 is 40.5 Å². The minimum Gasteiger partial charge on any atom is -0.385 e. The van der Waals surface area contributed by atoms with Gasteiger partial charge < -0.3 is 20.3 Å². The zero-order valence-electron chi connectivity index (χ0n) is 22.3. The van der Waals surface area contributed by atoms with Crippen molar-refractivity contribution in [2.24, 2.45) is 0 Å². The van der Waals surface area contributed by atoms with Gasteiger partial charge >= 0.3 is 0 Å². The van der Waals surface area contributed by atoms with Crippen LogP contribution in [0, 0.1) is 10.1 Å². The average Bonchev–Trinajstić information content (AvgIpc) is 2.96. The monoisotopic (exact) mass is 565 g/mol. The summed E-state index contributed by atoms with van der Waals surface area (Å²) in [4.78, 5) is 41.3. The molecular formula is C29H32ClN5O5. The highest BCUT2D eigenvalue weighted by Gasteiger charge is 2.23. The lowest BCUT2D eigenvalue weighted by atomic mass is 10.1. The van der Waals surface area contributed by atoms with Gasteiger partial charge in [0.1, 0.15) is 5.02 Å². The molecule has 1 saturated heterocycles. The quantitative estimate of drug-likeness (QED) is 0.198. The molecule has 0 atom stereocenters. The molecule has 0 aromatic heterocycles. The Labute approximate surface area is 238 Å². The highest BCUT2D eigenvalue weighted by Crippen LogP contribution is 2.28. The van der Waals surface area contributed by atoms with E-state index < -0.39 is 10.8 Å². The molecule has 0 aliphatic carbocycles. The number of amides is 2. The van der Waals surface area contributed by atoms with Crippen LogP contribution in [0.4, 0.5) is 17.1 Å². The Balaban J connectivity index is 1.50. The average molecular weight is 566 g/mol. The number of methoxy groups -OCH3 is 1. The molecule has 1 fully saturated rings. The van der Waals surface area contributed by atoms with Gasteiger partial charge in [0.05, 0.1) is 10.5 Å². The molecular weight excluding hydrogens is 534 g/mol. The van der Waals surface area contributed by atoms with Crippen LogP contribution in [0.15, 0.2) is 66.7 Å². The highest BCUT2D eigenvalue weighted by atomic mass is 35.5. The van der Waals surface area contributed by atoms with E-state index in [0.717, 1.165) is 44.5 Å². The number of piperazine rings is 1. The molecule has 0 spiro atoms. The zero-order valence-corrected chi connectivity index (χ0v) is 23.0. The number of halogens is 1. The van der Waals surface area contributed by atoms with Crippen LogP contribution in [0.2, 0.25) is 5.02 Å². The third kappa shape index (κ3) is 7.56. The zero-order chi connectivity index (χ0) is 28.5. The number of nitro groups is 1. The van der Waals surface area contributed by atoms with E-state index in [1.807, 2.05) is 24.3 Å². The molecule has 0 bridgehead atoms. The molecule has 11 heteroatoms. The molecule has 10 nitrogen and oxygen atoms in total. The van der Waals surface area contributed by atoms with Crippen LogP contribution < -0.4 is 15.5 Å². The lowest BCUT2D eigenvalue weighted by Crippen LogP contribution is -2.46. The molecule has 2 amide bonds.